The van der Waals surface area contributed by atoms with Gasteiger partial charge in [0, 0.05) is 31.8 Å². The van der Waals surface area contributed by atoms with Crippen LogP contribution in [-0.2, 0) is 9.53 Å². The van der Waals surface area contributed by atoms with Gasteiger partial charge in [0.25, 0.3) is 0 Å². The number of amides is 1. The Morgan fingerprint density at radius 1 is 1.53 bits per heavy atom. The fourth-order valence-electron chi connectivity index (χ4n) is 1.81. The van der Waals surface area contributed by atoms with Crippen molar-refractivity contribution in [1.82, 2.24) is 5.32 Å². The molecule has 1 fully saturated rings. The van der Waals surface area contributed by atoms with Crippen LogP contribution in [0, 0.1) is 5.92 Å². The quantitative estimate of drug-likeness (QED) is 0.709. The molecule has 0 spiro atoms. The topological polar surface area (TPSA) is 58.6 Å². The first-order valence-corrected chi connectivity index (χ1v) is 5.77. The van der Waals surface area contributed by atoms with Crippen molar-refractivity contribution in [3.05, 3.63) is 0 Å². The second-order valence-corrected chi connectivity index (χ2v) is 4.01. The van der Waals surface area contributed by atoms with Crippen molar-refractivity contribution in [2.45, 2.75) is 38.6 Å². The summed E-state index contributed by atoms with van der Waals surface area (Å²) in [6.07, 6.45) is 3.16. The molecule has 0 aromatic rings. The predicted octanol–water partition coefficient (Wildman–Crippen LogP) is 0.690. The van der Waals surface area contributed by atoms with Crippen LogP contribution in [0.4, 0.5) is 0 Å². The Morgan fingerprint density at radius 3 is 2.73 bits per heavy atom. The van der Waals surface area contributed by atoms with E-state index in [0.29, 0.717) is 19.6 Å². The average Bonchev–Trinajstić information content (AvgIpc) is 2.29. The Morgan fingerprint density at radius 2 is 2.20 bits per heavy atom. The molecule has 0 aromatic heterocycles. The van der Waals surface area contributed by atoms with E-state index in [0.717, 1.165) is 19.3 Å². The number of rotatable bonds is 5. The van der Waals surface area contributed by atoms with Gasteiger partial charge in [-0.2, -0.15) is 0 Å². The van der Waals surface area contributed by atoms with Gasteiger partial charge in [0.15, 0.2) is 0 Å². The van der Waals surface area contributed by atoms with Crippen LogP contribution in [0.1, 0.15) is 32.6 Å². The summed E-state index contributed by atoms with van der Waals surface area (Å²) in [4.78, 5) is 11.8. The van der Waals surface area contributed by atoms with Crippen molar-refractivity contribution < 1.29 is 14.6 Å². The fraction of sp³-hybridized carbons (Fsp3) is 0.909. The van der Waals surface area contributed by atoms with E-state index in [4.69, 9.17) is 9.84 Å². The van der Waals surface area contributed by atoms with E-state index < -0.39 is 0 Å². The lowest BCUT2D eigenvalue weighted by Gasteiger charge is -2.24. The normalized spacial score (nSPS) is 19.9. The monoisotopic (exact) mass is 215 g/mol. The van der Waals surface area contributed by atoms with E-state index in [1.54, 1.807) is 0 Å². The third kappa shape index (κ3) is 4.18. The van der Waals surface area contributed by atoms with Gasteiger partial charge < -0.3 is 15.2 Å². The van der Waals surface area contributed by atoms with E-state index in [1.165, 1.54) is 0 Å². The highest BCUT2D eigenvalue weighted by Crippen LogP contribution is 2.15. The maximum Gasteiger partial charge on any atom is 0.223 e. The van der Waals surface area contributed by atoms with Crippen molar-refractivity contribution in [2.75, 3.05) is 19.8 Å². The number of nitrogens with one attached hydrogen (secondary N) is 1. The van der Waals surface area contributed by atoms with Crippen LogP contribution in [0.25, 0.3) is 0 Å². The molecule has 1 unspecified atom stereocenters. The highest BCUT2D eigenvalue weighted by molar-refractivity contribution is 5.79. The Labute approximate surface area is 91.0 Å². The third-order valence-corrected chi connectivity index (χ3v) is 2.91. The largest absolute Gasteiger partial charge is 0.396 e. The van der Waals surface area contributed by atoms with E-state index >= 15 is 0 Å². The molecule has 0 aliphatic carbocycles. The molecule has 0 bridgehead atoms. The molecule has 1 saturated heterocycles. The molecule has 1 aliphatic heterocycles. The minimum Gasteiger partial charge on any atom is -0.396 e. The van der Waals surface area contributed by atoms with Crippen molar-refractivity contribution in [3.8, 4) is 0 Å². The molecule has 2 N–H and O–H groups in total. The van der Waals surface area contributed by atoms with E-state index in [-0.39, 0.29) is 24.5 Å². The molecule has 1 amide bonds. The lowest BCUT2D eigenvalue weighted by molar-refractivity contribution is -0.128. The predicted molar refractivity (Wildman–Crippen MR) is 57.5 cm³/mol. The maximum atomic E-state index is 11.8. The second-order valence-electron chi connectivity index (χ2n) is 4.01. The average molecular weight is 215 g/mol. The van der Waals surface area contributed by atoms with E-state index in [2.05, 4.69) is 5.32 Å². The van der Waals surface area contributed by atoms with Crippen molar-refractivity contribution in [1.29, 1.82) is 0 Å². The molecule has 1 atom stereocenters. The number of carbonyl (C=O) groups excluding carboxylic acids is 1. The van der Waals surface area contributed by atoms with Gasteiger partial charge in [0.2, 0.25) is 5.91 Å². The molecule has 0 saturated carbocycles. The molecule has 4 nitrogen and oxygen atoms in total. The molecule has 15 heavy (non-hydrogen) atoms. The second kappa shape index (κ2) is 6.80. The van der Waals surface area contributed by atoms with Gasteiger partial charge in [-0.25, -0.2) is 0 Å². The summed E-state index contributed by atoms with van der Waals surface area (Å²) in [5, 5.41) is 11.8. The number of hydrogen-bond donors (Lipinski definition) is 2. The van der Waals surface area contributed by atoms with Crippen LogP contribution >= 0.6 is 0 Å². The summed E-state index contributed by atoms with van der Waals surface area (Å²) >= 11 is 0. The smallest absolute Gasteiger partial charge is 0.223 e. The first-order chi connectivity index (χ1) is 7.27. The van der Waals surface area contributed by atoms with Crippen molar-refractivity contribution in [3.63, 3.8) is 0 Å². The molecule has 88 valence electrons. The summed E-state index contributed by atoms with van der Waals surface area (Å²) in [6, 6.07) is 0.116. The molecule has 0 aromatic carbocycles. The Kier molecular flexibility index (Phi) is 5.65. The highest BCUT2D eigenvalue weighted by atomic mass is 16.5. The number of aliphatic hydroxyl groups is 1. The lowest BCUT2D eigenvalue weighted by Crippen LogP contribution is -2.40. The lowest BCUT2D eigenvalue weighted by atomic mass is 9.98. The molecule has 0 radical (unpaired) electrons. The van der Waals surface area contributed by atoms with Gasteiger partial charge in [-0.05, 0) is 25.7 Å². The van der Waals surface area contributed by atoms with E-state index in [1.807, 2.05) is 6.92 Å². The zero-order chi connectivity index (χ0) is 11.1. The van der Waals surface area contributed by atoms with Gasteiger partial charge in [-0.1, -0.05) is 6.92 Å². The van der Waals surface area contributed by atoms with Crippen LogP contribution < -0.4 is 5.32 Å². The first kappa shape index (κ1) is 12.5. The fourth-order valence-corrected chi connectivity index (χ4v) is 1.81. The number of hydrogen-bond acceptors (Lipinski definition) is 3. The summed E-state index contributed by atoms with van der Waals surface area (Å²) < 4.78 is 5.21. The Bertz CT molecular complexity index is 190. The highest BCUT2D eigenvalue weighted by Gasteiger charge is 2.22. The molecule has 4 heteroatoms. The van der Waals surface area contributed by atoms with Gasteiger partial charge in [-0.3, -0.25) is 4.79 Å². The van der Waals surface area contributed by atoms with Crippen LogP contribution in [0.2, 0.25) is 0 Å². The van der Waals surface area contributed by atoms with Crippen LogP contribution in [0.3, 0.4) is 0 Å². The summed E-state index contributed by atoms with van der Waals surface area (Å²) in [7, 11) is 0. The third-order valence-electron chi connectivity index (χ3n) is 2.91. The van der Waals surface area contributed by atoms with Gasteiger partial charge >= 0.3 is 0 Å². The first-order valence-electron chi connectivity index (χ1n) is 5.77. The number of ether oxygens (including phenoxy) is 1. The maximum absolute atomic E-state index is 11.8. The van der Waals surface area contributed by atoms with Crippen LogP contribution in [0.15, 0.2) is 0 Å². The summed E-state index contributed by atoms with van der Waals surface area (Å²) in [5.74, 6) is 0.227. The van der Waals surface area contributed by atoms with Gasteiger partial charge in [0.1, 0.15) is 0 Å². The summed E-state index contributed by atoms with van der Waals surface area (Å²) in [5.41, 5.74) is 0. The molecule has 1 aliphatic rings. The van der Waals surface area contributed by atoms with Crippen molar-refractivity contribution >= 4 is 5.91 Å². The van der Waals surface area contributed by atoms with Gasteiger partial charge in [0.05, 0.1) is 0 Å². The minimum atomic E-state index is 0.103. The number of aliphatic hydroxyl groups excluding tert-OH is 1. The standard InChI is InChI=1S/C11H21NO3/c1-2-10(3-6-13)12-11(14)9-4-7-15-8-5-9/h9-10,13H,2-8H2,1H3,(H,12,14). The zero-order valence-corrected chi connectivity index (χ0v) is 9.37. The zero-order valence-electron chi connectivity index (χ0n) is 9.37. The number of carbonyl (C=O) groups is 1. The van der Waals surface area contributed by atoms with Crippen molar-refractivity contribution in [2.24, 2.45) is 5.92 Å². The molecule has 1 heterocycles. The molecular formula is C11H21NO3. The Hall–Kier alpha value is -0.610. The van der Waals surface area contributed by atoms with Crippen LogP contribution in [-0.4, -0.2) is 36.9 Å². The minimum absolute atomic E-state index is 0.103. The Balaban J connectivity index is 2.31. The SMILES string of the molecule is CCC(CCO)NC(=O)C1CCOCC1. The summed E-state index contributed by atoms with van der Waals surface area (Å²) in [6.45, 7) is 3.53. The van der Waals surface area contributed by atoms with Crippen LogP contribution in [0.5, 0.6) is 0 Å². The van der Waals surface area contributed by atoms with Gasteiger partial charge in [-0.15, -0.1) is 0 Å². The molecular weight excluding hydrogens is 194 g/mol. The molecule has 1 rings (SSSR count). The van der Waals surface area contributed by atoms with E-state index in [9.17, 15) is 4.79 Å².